The number of carboxylic acids is 1. The van der Waals surface area contributed by atoms with E-state index in [0.717, 1.165) is 44.7 Å². The number of halogens is 3. The van der Waals surface area contributed by atoms with E-state index in [4.69, 9.17) is 9.90 Å². The van der Waals surface area contributed by atoms with Crippen LogP contribution in [-0.4, -0.2) is 57.4 Å². The van der Waals surface area contributed by atoms with Gasteiger partial charge in [-0.25, -0.2) is 14.6 Å². The van der Waals surface area contributed by atoms with E-state index in [1.807, 2.05) is 0 Å². The van der Waals surface area contributed by atoms with Gasteiger partial charge in [-0.05, 0) is 25.8 Å². The Bertz CT molecular complexity index is 760. The fourth-order valence-electron chi connectivity index (χ4n) is 2.83. The predicted octanol–water partition coefficient (Wildman–Crippen LogP) is 0.675. The van der Waals surface area contributed by atoms with Crippen LogP contribution in [0.25, 0.3) is 0 Å². The molecule has 2 amide bonds. The van der Waals surface area contributed by atoms with Crippen LogP contribution in [0.5, 0.6) is 0 Å². The summed E-state index contributed by atoms with van der Waals surface area (Å²) >= 11 is 0. The second-order valence-corrected chi connectivity index (χ2v) is 6.34. The van der Waals surface area contributed by atoms with Gasteiger partial charge in [0.25, 0.3) is 5.56 Å². The van der Waals surface area contributed by atoms with Crippen molar-refractivity contribution in [3.05, 3.63) is 27.9 Å². The van der Waals surface area contributed by atoms with E-state index in [9.17, 15) is 22.8 Å². The normalized spacial score (nSPS) is 16.5. The summed E-state index contributed by atoms with van der Waals surface area (Å²) in [6, 6.07) is 1.46. The minimum Gasteiger partial charge on any atom is -0.475 e. The molecule has 28 heavy (non-hydrogen) atoms. The molecule has 156 valence electrons. The smallest absolute Gasteiger partial charge is 0.475 e. The highest BCUT2D eigenvalue weighted by molar-refractivity contribution is 5.74. The van der Waals surface area contributed by atoms with E-state index in [0.29, 0.717) is 25.3 Å². The standard InChI is InChI=1S/C14H21N5O2.C2HF3O2/c20-13-8-11(9-16-14(21)18-5-1-2-6-18)17-12-10-15-4-3-7-19(12)13;3-2(4,5)1(6)7/h8,15H,1-7,9-10H2,(H,16,21);(H,6,7). The van der Waals surface area contributed by atoms with Crippen molar-refractivity contribution in [2.24, 2.45) is 0 Å². The van der Waals surface area contributed by atoms with Crippen molar-refractivity contribution in [2.75, 3.05) is 19.6 Å². The van der Waals surface area contributed by atoms with Crippen molar-refractivity contribution >= 4 is 12.0 Å². The highest BCUT2D eigenvalue weighted by Crippen LogP contribution is 2.13. The minimum absolute atomic E-state index is 0.0332. The van der Waals surface area contributed by atoms with Gasteiger partial charge in [0.05, 0.1) is 18.8 Å². The van der Waals surface area contributed by atoms with Crippen LogP contribution in [0.1, 0.15) is 30.8 Å². The third-order valence-electron chi connectivity index (χ3n) is 4.22. The molecule has 0 spiro atoms. The lowest BCUT2D eigenvalue weighted by Crippen LogP contribution is -2.38. The van der Waals surface area contributed by atoms with E-state index in [1.54, 1.807) is 9.47 Å². The number of aliphatic carboxylic acids is 1. The second kappa shape index (κ2) is 9.53. The molecule has 0 bridgehead atoms. The molecule has 1 aromatic rings. The van der Waals surface area contributed by atoms with Crippen molar-refractivity contribution in [1.82, 2.24) is 25.1 Å². The SMILES string of the molecule is O=C(NCc1cc(=O)n2c(n1)CNCCC2)N1CCCC1.O=C(O)C(F)(F)F. The number of rotatable bonds is 2. The number of nitrogens with one attached hydrogen (secondary N) is 2. The average Bonchev–Trinajstić information content (AvgIpc) is 3.05. The first-order valence-corrected chi connectivity index (χ1v) is 8.81. The van der Waals surface area contributed by atoms with Crippen molar-refractivity contribution in [3.8, 4) is 0 Å². The molecule has 1 fully saturated rings. The summed E-state index contributed by atoms with van der Waals surface area (Å²) in [6.07, 6.45) is -2.02. The maximum absolute atomic E-state index is 12.1. The van der Waals surface area contributed by atoms with Crippen LogP contribution < -0.4 is 16.2 Å². The van der Waals surface area contributed by atoms with Crippen LogP contribution in [0.2, 0.25) is 0 Å². The van der Waals surface area contributed by atoms with E-state index in [-0.39, 0.29) is 11.6 Å². The number of fused-ring (bicyclic) bond motifs is 1. The van der Waals surface area contributed by atoms with Gasteiger partial charge in [0.15, 0.2) is 0 Å². The van der Waals surface area contributed by atoms with Gasteiger partial charge in [0.2, 0.25) is 0 Å². The number of amides is 2. The summed E-state index contributed by atoms with van der Waals surface area (Å²) < 4.78 is 33.5. The minimum atomic E-state index is -5.08. The van der Waals surface area contributed by atoms with Gasteiger partial charge in [0.1, 0.15) is 5.82 Å². The highest BCUT2D eigenvalue weighted by atomic mass is 19.4. The second-order valence-electron chi connectivity index (χ2n) is 6.34. The molecule has 0 aliphatic carbocycles. The van der Waals surface area contributed by atoms with Crippen molar-refractivity contribution in [2.45, 2.75) is 45.1 Å². The van der Waals surface area contributed by atoms with Crippen LogP contribution in [0.15, 0.2) is 10.9 Å². The average molecular weight is 405 g/mol. The number of alkyl halides is 3. The zero-order chi connectivity index (χ0) is 20.7. The molecule has 0 aromatic carbocycles. The molecular weight excluding hydrogens is 383 g/mol. The number of carbonyl (C=O) groups is 2. The Kier molecular flexibility index (Phi) is 7.38. The zero-order valence-corrected chi connectivity index (χ0v) is 15.1. The molecule has 1 saturated heterocycles. The number of aromatic nitrogens is 2. The van der Waals surface area contributed by atoms with Crippen LogP contribution >= 0.6 is 0 Å². The van der Waals surface area contributed by atoms with E-state index >= 15 is 0 Å². The van der Waals surface area contributed by atoms with Crippen LogP contribution in [-0.2, 0) is 24.4 Å². The third kappa shape index (κ3) is 6.22. The lowest BCUT2D eigenvalue weighted by atomic mass is 10.3. The first kappa shape index (κ1) is 21.7. The number of nitrogens with zero attached hydrogens (tertiary/aromatic N) is 3. The molecule has 0 unspecified atom stereocenters. The molecule has 3 N–H and O–H groups in total. The van der Waals surface area contributed by atoms with Gasteiger partial charge < -0.3 is 20.6 Å². The van der Waals surface area contributed by atoms with E-state index in [2.05, 4.69) is 15.6 Å². The molecule has 0 atom stereocenters. The zero-order valence-electron chi connectivity index (χ0n) is 15.1. The molecular formula is C16H22F3N5O4. The van der Waals surface area contributed by atoms with E-state index < -0.39 is 12.1 Å². The monoisotopic (exact) mass is 405 g/mol. The number of likely N-dealkylation sites (tertiary alicyclic amines) is 1. The molecule has 3 heterocycles. The molecule has 3 rings (SSSR count). The molecule has 12 heteroatoms. The van der Waals surface area contributed by atoms with E-state index in [1.165, 1.54) is 6.07 Å². The molecule has 2 aliphatic heterocycles. The van der Waals surface area contributed by atoms with Crippen LogP contribution in [0.4, 0.5) is 18.0 Å². The summed E-state index contributed by atoms with van der Waals surface area (Å²) in [5, 5.41) is 13.2. The molecule has 2 aliphatic rings. The van der Waals surface area contributed by atoms with Gasteiger partial charge in [-0.15, -0.1) is 0 Å². The molecule has 0 radical (unpaired) electrons. The molecule has 0 saturated carbocycles. The molecule has 9 nitrogen and oxygen atoms in total. The summed E-state index contributed by atoms with van der Waals surface area (Å²) in [4.78, 5) is 39.2. The van der Waals surface area contributed by atoms with Crippen molar-refractivity contribution in [3.63, 3.8) is 0 Å². The number of urea groups is 1. The summed E-state index contributed by atoms with van der Waals surface area (Å²) in [5.74, 6) is -2.00. The maximum Gasteiger partial charge on any atom is 0.490 e. The first-order valence-electron chi connectivity index (χ1n) is 8.81. The predicted molar refractivity (Wildman–Crippen MR) is 91.6 cm³/mol. The number of carbonyl (C=O) groups excluding carboxylic acids is 1. The number of hydrogen-bond acceptors (Lipinski definition) is 5. The fraction of sp³-hybridized carbons (Fsp3) is 0.625. The summed E-state index contributed by atoms with van der Waals surface area (Å²) in [5.41, 5.74) is 0.594. The molecule has 1 aromatic heterocycles. The van der Waals surface area contributed by atoms with Crippen molar-refractivity contribution < 1.29 is 27.9 Å². The van der Waals surface area contributed by atoms with Gasteiger partial charge >= 0.3 is 18.2 Å². The Morgan fingerprint density at radius 1 is 1.21 bits per heavy atom. The lowest BCUT2D eigenvalue weighted by molar-refractivity contribution is -0.192. The highest BCUT2D eigenvalue weighted by Gasteiger charge is 2.38. The number of hydrogen-bond donors (Lipinski definition) is 3. The topological polar surface area (TPSA) is 117 Å². The van der Waals surface area contributed by atoms with Gasteiger partial charge in [-0.1, -0.05) is 0 Å². The van der Waals surface area contributed by atoms with Crippen LogP contribution in [0, 0.1) is 0 Å². The van der Waals surface area contributed by atoms with Gasteiger partial charge in [-0.2, -0.15) is 13.2 Å². The number of carboxylic acid groups (broad SMARTS) is 1. The maximum atomic E-state index is 12.1. The van der Waals surface area contributed by atoms with Crippen molar-refractivity contribution in [1.29, 1.82) is 0 Å². The quantitative estimate of drug-likeness (QED) is 0.666. The first-order chi connectivity index (χ1) is 13.2. The summed E-state index contributed by atoms with van der Waals surface area (Å²) in [6.45, 7) is 4.13. The van der Waals surface area contributed by atoms with Gasteiger partial charge in [-0.3, -0.25) is 9.36 Å². The largest absolute Gasteiger partial charge is 0.490 e. The Hall–Kier alpha value is -2.63. The Balaban J connectivity index is 0.000000345. The van der Waals surface area contributed by atoms with Crippen LogP contribution in [0.3, 0.4) is 0 Å². The fourth-order valence-corrected chi connectivity index (χ4v) is 2.83. The summed E-state index contributed by atoms with van der Waals surface area (Å²) in [7, 11) is 0. The van der Waals surface area contributed by atoms with Gasteiger partial charge in [0, 0.05) is 25.7 Å². The Morgan fingerprint density at radius 2 is 1.86 bits per heavy atom. The lowest BCUT2D eigenvalue weighted by Gasteiger charge is -2.16. The Morgan fingerprint density at radius 3 is 2.46 bits per heavy atom. The Labute approximate surface area is 158 Å². The third-order valence-corrected chi connectivity index (χ3v) is 4.22.